The Morgan fingerprint density at radius 1 is 1.29 bits per heavy atom. The van der Waals surface area contributed by atoms with Gasteiger partial charge in [-0.15, -0.1) is 0 Å². The van der Waals surface area contributed by atoms with E-state index >= 15 is 0 Å². The molecule has 0 aromatic heterocycles. The number of methoxy groups -OCH3 is 1. The number of nitrogens with one attached hydrogen (secondary N) is 1. The largest absolute Gasteiger partial charge is 0.481 e. The van der Waals surface area contributed by atoms with Gasteiger partial charge in [-0.3, -0.25) is 9.59 Å². The fraction of sp³-hybridized carbons (Fsp3) is 0.500. The smallest absolute Gasteiger partial charge is 0.306 e. The van der Waals surface area contributed by atoms with Crippen LogP contribution in [-0.2, 0) is 14.3 Å². The van der Waals surface area contributed by atoms with Gasteiger partial charge in [0.05, 0.1) is 5.92 Å². The molecule has 5 nitrogen and oxygen atoms in total. The van der Waals surface area contributed by atoms with Crippen molar-refractivity contribution in [3.8, 4) is 0 Å². The molecule has 1 aromatic rings. The van der Waals surface area contributed by atoms with Crippen LogP contribution in [0, 0.1) is 5.92 Å². The lowest BCUT2D eigenvalue weighted by Gasteiger charge is -2.28. The Hall–Kier alpha value is -1.88. The zero-order chi connectivity index (χ0) is 15.2. The van der Waals surface area contributed by atoms with Crippen LogP contribution < -0.4 is 5.32 Å². The molecule has 2 N–H and O–H groups in total. The number of benzene rings is 1. The first-order chi connectivity index (χ1) is 10.1. The molecule has 1 fully saturated rings. The van der Waals surface area contributed by atoms with Gasteiger partial charge in [-0.1, -0.05) is 36.8 Å². The van der Waals surface area contributed by atoms with E-state index in [4.69, 9.17) is 9.84 Å². The second kappa shape index (κ2) is 7.22. The number of amides is 1. The number of carbonyl (C=O) groups excluding carboxylic acids is 1. The molecule has 0 spiro atoms. The van der Waals surface area contributed by atoms with Crippen molar-refractivity contribution >= 4 is 11.9 Å². The summed E-state index contributed by atoms with van der Waals surface area (Å²) >= 11 is 0. The van der Waals surface area contributed by atoms with Gasteiger partial charge in [-0.2, -0.15) is 0 Å². The minimum Gasteiger partial charge on any atom is -0.481 e. The van der Waals surface area contributed by atoms with Gasteiger partial charge in [0, 0.05) is 13.2 Å². The molecule has 2 rings (SSSR count). The van der Waals surface area contributed by atoms with Crippen LogP contribution in [0.5, 0.6) is 0 Å². The highest BCUT2D eigenvalue weighted by molar-refractivity contribution is 5.82. The van der Waals surface area contributed by atoms with Crippen LogP contribution in [0.25, 0.3) is 0 Å². The summed E-state index contributed by atoms with van der Waals surface area (Å²) in [6.45, 7) is 0. The Labute approximate surface area is 124 Å². The molecule has 1 amide bonds. The third kappa shape index (κ3) is 4.04. The highest BCUT2D eigenvalue weighted by atomic mass is 16.5. The summed E-state index contributed by atoms with van der Waals surface area (Å²) in [4.78, 5) is 23.4. The third-order valence-corrected chi connectivity index (χ3v) is 3.95. The van der Waals surface area contributed by atoms with Gasteiger partial charge >= 0.3 is 5.97 Å². The predicted octanol–water partition coefficient (Wildman–Crippen LogP) is 2.13. The van der Waals surface area contributed by atoms with E-state index < -0.39 is 12.1 Å². The summed E-state index contributed by atoms with van der Waals surface area (Å²) in [5.41, 5.74) is 0.795. The van der Waals surface area contributed by atoms with Crippen molar-refractivity contribution in [3.05, 3.63) is 35.9 Å². The molecular formula is C16H21NO4. The second-order valence-electron chi connectivity index (χ2n) is 5.43. The maximum Gasteiger partial charge on any atom is 0.306 e. The molecular weight excluding hydrogens is 270 g/mol. The molecule has 21 heavy (non-hydrogen) atoms. The van der Waals surface area contributed by atoms with Crippen molar-refractivity contribution in [3.63, 3.8) is 0 Å². The molecule has 0 saturated heterocycles. The molecule has 1 aliphatic rings. The van der Waals surface area contributed by atoms with Crippen LogP contribution in [0.4, 0.5) is 0 Å². The van der Waals surface area contributed by atoms with Gasteiger partial charge < -0.3 is 15.2 Å². The van der Waals surface area contributed by atoms with Crippen LogP contribution >= 0.6 is 0 Å². The lowest BCUT2D eigenvalue weighted by Crippen LogP contribution is -2.42. The first-order valence-corrected chi connectivity index (χ1v) is 7.22. The van der Waals surface area contributed by atoms with Crippen molar-refractivity contribution < 1.29 is 19.4 Å². The average molecular weight is 291 g/mol. The van der Waals surface area contributed by atoms with E-state index in [1.54, 1.807) is 0 Å². The molecule has 0 heterocycles. The van der Waals surface area contributed by atoms with Gasteiger partial charge in [0.2, 0.25) is 0 Å². The van der Waals surface area contributed by atoms with Gasteiger partial charge in [0.1, 0.15) is 0 Å². The lowest BCUT2D eigenvalue weighted by molar-refractivity contribution is -0.144. The fourth-order valence-electron chi connectivity index (χ4n) is 2.84. The maximum absolute atomic E-state index is 12.3. The molecule has 1 aromatic carbocycles. The van der Waals surface area contributed by atoms with Gasteiger partial charge in [0.15, 0.2) is 6.10 Å². The summed E-state index contributed by atoms with van der Waals surface area (Å²) in [6, 6.07) is 9.19. The number of carbonyl (C=O) groups is 2. The molecule has 5 heteroatoms. The molecule has 0 bridgehead atoms. The zero-order valence-corrected chi connectivity index (χ0v) is 12.1. The standard InChI is InChI=1S/C16H21NO4/c1-21-14(11-6-3-2-4-7-11)15(18)17-13-9-5-8-12(10-13)16(19)20/h2-4,6-7,12-14H,5,8-10H2,1H3,(H,17,18)(H,19,20). The summed E-state index contributed by atoms with van der Waals surface area (Å²) in [5, 5.41) is 12.0. The Bertz CT molecular complexity index is 488. The summed E-state index contributed by atoms with van der Waals surface area (Å²) < 4.78 is 5.29. The quantitative estimate of drug-likeness (QED) is 0.871. The molecule has 0 aliphatic heterocycles. The van der Waals surface area contributed by atoms with Crippen molar-refractivity contribution in [2.24, 2.45) is 5.92 Å². The number of ether oxygens (including phenoxy) is 1. The first-order valence-electron chi connectivity index (χ1n) is 7.22. The van der Waals surface area contributed by atoms with E-state index in [-0.39, 0.29) is 17.9 Å². The van der Waals surface area contributed by atoms with Crippen LogP contribution in [0.2, 0.25) is 0 Å². The molecule has 1 saturated carbocycles. The summed E-state index contributed by atoms with van der Waals surface area (Å²) in [7, 11) is 1.50. The van der Waals surface area contributed by atoms with Crippen LogP contribution in [0.3, 0.4) is 0 Å². The predicted molar refractivity (Wildman–Crippen MR) is 77.7 cm³/mol. The summed E-state index contributed by atoms with van der Waals surface area (Å²) in [5.74, 6) is -1.35. The molecule has 114 valence electrons. The number of rotatable bonds is 5. The second-order valence-corrected chi connectivity index (χ2v) is 5.43. The van der Waals surface area contributed by atoms with Crippen molar-refractivity contribution in [1.82, 2.24) is 5.32 Å². The van der Waals surface area contributed by atoms with Crippen LogP contribution in [0.15, 0.2) is 30.3 Å². The average Bonchev–Trinajstić information content (AvgIpc) is 2.49. The highest BCUT2D eigenvalue weighted by Gasteiger charge is 2.29. The fourth-order valence-corrected chi connectivity index (χ4v) is 2.84. The highest BCUT2D eigenvalue weighted by Crippen LogP contribution is 2.25. The van der Waals surface area contributed by atoms with Gasteiger partial charge in [0.25, 0.3) is 5.91 Å². The lowest BCUT2D eigenvalue weighted by atomic mass is 9.85. The molecule has 3 atom stereocenters. The monoisotopic (exact) mass is 291 g/mol. The van der Waals surface area contributed by atoms with E-state index in [0.717, 1.165) is 18.4 Å². The van der Waals surface area contributed by atoms with E-state index in [1.165, 1.54) is 7.11 Å². The molecule has 3 unspecified atom stereocenters. The SMILES string of the molecule is COC(C(=O)NC1CCCC(C(=O)O)C1)c1ccccc1. The van der Waals surface area contributed by atoms with E-state index in [9.17, 15) is 9.59 Å². The van der Waals surface area contributed by atoms with E-state index in [1.807, 2.05) is 30.3 Å². The Kier molecular flexibility index (Phi) is 5.33. The summed E-state index contributed by atoms with van der Waals surface area (Å²) in [6.07, 6.45) is 2.17. The number of hydrogen-bond acceptors (Lipinski definition) is 3. The van der Waals surface area contributed by atoms with Gasteiger partial charge in [-0.05, 0) is 24.8 Å². The Morgan fingerprint density at radius 2 is 2.00 bits per heavy atom. The van der Waals surface area contributed by atoms with Crippen molar-refractivity contribution in [1.29, 1.82) is 0 Å². The normalized spacial score (nSPS) is 23.3. The first kappa shape index (κ1) is 15.5. The van der Waals surface area contributed by atoms with E-state index in [2.05, 4.69) is 5.32 Å². The number of hydrogen-bond donors (Lipinski definition) is 2. The zero-order valence-electron chi connectivity index (χ0n) is 12.1. The molecule has 0 radical (unpaired) electrons. The minimum absolute atomic E-state index is 0.0892. The minimum atomic E-state index is -0.778. The molecule has 1 aliphatic carbocycles. The van der Waals surface area contributed by atoms with Gasteiger partial charge in [-0.25, -0.2) is 0 Å². The van der Waals surface area contributed by atoms with Crippen molar-refractivity contribution in [2.45, 2.75) is 37.8 Å². The number of carboxylic acid groups (broad SMARTS) is 1. The maximum atomic E-state index is 12.3. The van der Waals surface area contributed by atoms with Crippen molar-refractivity contribution in [2.75, 3.05) is 7.11 Å². The number of aliphatic carboxylic acids is 1. The van der Waals surface area contributed by atoms with Crippen LogP contribution in [-0.4, -0.2) is 30.1 Å². The Balaban J connectivity index is 1.98. The van der Waals surface area contributed by atoms with E-state index in [0.29, 0.717) is 12.8 Å². The third-order valence-electron chi connectivity index (χ3n) is 3.95. The van der Waals surface area contributed by atoms with Crippen LogP contribution in [0.1, 0.15) is 37.4 Å². The topological polar surface area (TPSA) is 75.6 Å². The number of carboxylic acids is 1. The Morgan fingerprint density at radius 3 is 2.62 bits per heavy atom.